The van der Waals surface area contributed by atoms with Gasteiger partial charge in [-0.25, -0.2) is 27.8 Å². The molecule has 0 spiro atoms. The first-order chi connectivity index (χ1) is 20.7. The predicted octanol–water partition coefficient (Wildman–Crippen LogP) is 7.45. The topological polar surface area (TPSA) is 106 Å². The Morgan fingerprint density at radius 1 is 1.07 bits per heavy atom. The maximum atomic E-state index is 13.5. The van der Waals surface area contributed by atoms with Gasteiger partial charge in [-0.05, 0) is 70.4 Å². The van der Waals surface area contributed by atoms with Crippen molar-refractivity contribution in [2.24, 2.45) is 0 Å². The standard InChI is InChI=1S/C31H31BrFN5O3S2/c1-3-26(34-12-13-43(39,40)4-2)31-38-28(18-42-31)21-8-10-27-24(15-21)30(36-19-35-27)37-23-9-11-29(25(32)16-23)41-17-20-6-5-7-22(33)14-20/h5-11,14-16,18-19,26,34H,3-4,12-13,17H2,1-2H3,(H,35,36,37). The van der Waals surface area contributed by atoms with E-state index in [2.05, 4.69) is 43.5 Å². The van der Waals surface area contributed by atoms with Crippen LogP contribution in [-0.2, 0) is 16.4 Å². The molecule has 0 fully saturated rings. The molecule has 5 aromatic rings. The van der Waals surface area contributed by atoms with Crippen molar-refractivity contribution in [3.8, 4) is 17.0 Å². The monoisotopic (exact) mass is 683 g/mol. The zero-order valence-electron chi connectivity index (χ0n) is 23.7. The fourth-order valence-corrected chi connectivity index (χ4v) is 6.65. The quantitative estimate of drug-likeness (QED) is 0.132. The number of hydrogen-bond donors (Lipinski definition) is 2. The average Bonchev–Trinajstić information content (AvgIpc) is 3.49. The average molecular weight is 685 g/mol. The number of ether oxygens (including phenoxy) is 1. The minimum absolute atomic E-state index is 0.0221. The van der Waals surface area contributed by atoms with E-state index in [0.717, 1.165) is 49.3 Å². The third-order valence-electron chi connectivity index (χ3n) is 6.88. The molecule has 12 heteroatoms. The van der Waals surface area contributed by atoms with Crippen molar-refractivity contribution in [2.75, 3.05) is 23.4 Å². The molecule has 2 aromatic heterocycles. The van der Waals surface area contributed by atoms with Crippen LogP contribution in [0.3, 0.4) is 0 Å². The molecule has 2 N–H and O–H groups in total. The summed E-state index contributed by atoms with van der Waals surface area (Å²) in [5.74, 6) is 1.24. The highest BCUT2D eigenvalue weighted by Gasteiger charge is 2.17. The summed E-state index contributed by atoms with van der Waals surface area (Å²) < 4.78 is 43.9. The molecule has 1 atom stereocenters. The maximum absolute atomic E-state index is 13.5. The number of nitrogens with one attached hydrogen (secondary N) is 2. The summed E-state index contributed by atoms with van der Waals surface area (Å²) in [6, 6.07) is 17.9. The second-order valence-corrected chi connectivity index (χ2v) is 14.1. The van der Waals surface area contributed by atoms with Crippen molar-refractivity contribution in [3.63, 3.8) is 0 Å². The van der Waals surface area contributed by atoms with Crippen LogP contribution in [0.1, 0.15) is 36.9 Å². The van der Waals surface area contributed by atoms with Gasteiger partial charge in [0, 0.05) is 34.3 Å². The molecule has 3 aromatic carbocycles. The van der Waals surface area contributed by atoms with Crippen molar-refractivity contribution in [2.45, 2.75) is 32.9 Å². The van der Waals surface area contributed by atoms with Crippen LogP contribution < -0.4 is 15.4 Å². The molecule has 5 rings (SSSR count). The molecule has 0 saturated carbocycles. The molecule has 0 radical (unpaired) electrons. The summed E-state index contributed by atoms with van der Waals surface area (Å²) in [4.78, 5) is 13.8. The van der Waals surface area contributed by atoms with Gasteiger partial charge in [0.2, 0.25) is 0 Å². The van der Waals surface area contributed by atoms with E-state index >= 15 is 0 Å². The molecule has 0 aliphatic heterocycles. The third-order valence-corrected chi connectivity index (χ3v) is 10.2. The van der Waals surface area contributed by atoms with Gasteiger partial charge in [0.15, 0.2) is 9.84 Å². The molecule has 8 nitrogen and oxygen atoms in total. The third kappa shape index (κ3) is 7.94. The molecular weight excluding hydrogens is 653 g/mol. The summed E-state index contributed by atoms with van der Waals surface area (Å²) in [6.45, 7) is 4.36. The second kappa shape index (κ2) is 13.9. The number of thiazole rings is 1. The van der Waals surface area contributed by atoms with Gasteiger partial charge < -0.3 is 15.4 Å². The first kappa shape index (κ1) is 31.0. The minimum Gasteiger partial charge on any atom is -0.488 e. The van der Waals surface area contributed by atoms with Gasteiger partial charge in [0.05, 0.1) is 27.5 Å². The first-order valence-electron chi connectivity index (χ1n) is 13.8. The molecular formula is C31H31BrFN5O3S2. The van der Waals surface area contributed by atoms with Crippen LogP contribution in [0, 0.1) is 5.82 Å². The minimum atomic E-state index is -3.03. The molecule has 224 valence electrons. The molecule has 0 aliphatic rings. The predicted molar refractivity (Wildman–Crippen MR) is 174 cm³/mol. The Kier molecular flexibility index (Phi) is 10.0. The van der Waals surface area contributed by atoms with E-state index < -0.39 is 9.84 Å². The molecule has 2 heterocycles. The lowest BCUT2D eigenvalue weighted by Crippen LogP contribution is -2.27. The Morgan fingerprint density at radius 2 is 1.93 bits per heavy atom. The molecule has 0 bridgehead atoms. The normalized spacial score (nSPS) is 12.4. The summed E-state index contributed by atoms with van der Waals surface area (Å²) >= 11 is 5.13. The van der Waals surface area contributed by atoms with Gasteiger partial charge in [-0.2, -0.15) is 0 Å². The molecule has 0 amide bonds. The van der Waals surface area contributed by atoms with E-state index in [1.165, 1.54) is 18.5 Å². The van der Waals surface area contributed by atoms with Gasteiger partial charge in [0.25, 0.3) is 0 Å². The number of aromatic nitrogens is 3. The van der Waals surface area contributed by atoms with E-state index in [9.17, 15) is 12.8 Å². The lowest BCUT2D eigenvalue weighted by atomic mass is 10.1. The summed E-state index contributed by atoms with van der Waals surface area (Å²) in [5.41, 5.74) is 4.09. The SMILES string of the molecule is CCC(NCCS(=O)(=O)CC)c1nc(-c2ccc3ncnc(Nc4ccc(OCc5cccc(F)c5)c(Br)c4)c3c2)cs1. The molecule has 1 unspecified atom stereocenters. The van der Waals surface area contributed by atoms with Gasteiger partial charge in [-0.3, -0.25) is 0 Å². The van der Waals surface area contributed by atoms with Gasteiger partial charge in [-0.1, -0.05) is 32.0 Å². The highest BCUT2D eigenvalue weighted by Crippen LogP contribution is 2.33. The Bertz CT molecular complexity index is 1830. The number of hydrogen-bond acceptors (Lipinski definition) is 9. The highest BCUT2D eigenvalue weighted by molar-refractivity contribution is 9.10. The number of anilines is 2. The zero-order valence-corrected chi connectivity index (χ0v) is 26.9. The first-order valence-corrected chi connectivity index (χ1v) is 17.3. The second-order valence-electron chi connectivity index (χ2n) is 9.87. The van der Waals surface area contributed by atoms with E-state index in [0.29, 0.717) is 18.1 Å². The van der Waals surface area contributed by atoms with Crippen LogP contribution in [0.2, 0.25) is 0 Å². The smallest absolute Gasteiger partial charge is 0.151 e. The van der Waals surface area contributed by atoms with E-state index in [-0.39, 0.29) is 30.0 Å². The van der Waals surface area contributed by atoms with E-state index in [1.807, 2.05) is 47.8 Å². The Balaban J connectivity index is 1.31. The van der Waals surface area contributed by atoms with Crippen molar-refractivity contribution in [1.82, 2.24) is 20.3 Å². The number of rotatable bonds is 13. The number of fused-ring (bicyclic) bond motifs is 1. The van der Waals surface area contributed by atoms with Crippen LogP contribution >= 0.6 is 27.3 Å². The molecule has 0 aliphatic carbocycles. The lowest BCUT2D eigenvalue weighted by Gasteiger charge is -2.14. The molecule has 43 heavy (non-hydrogen) atoms. The van der Waals surface area contributed by atoms with Crippen molar-refractivity contribution < 1.29 is 17.5 Å². The van der Waals surface area contributed by atoms with Crippen molar-refractivity contribution >= 4 is 59.5 Å². The summed E-state index contributed by atoms with van der Waals surface area (Å²) in [7, 11) is -3.03. The zero-order chi connectivity index (χ0) is 30.4. The number of sulfone groups is 1. The Labute approximate surface area is 262 Å². The number of halogens is 2. The fraction of sp³-hybridized carbons (Fsp3) is 0.258. The maximum Gasteiger partial charge on any atom is 0.151 e. The van der Waals surface area contributed by atoms with Crippen LogP contribution in [0.25, 0.3) is 22.2 Å². The summed E-state index contributed by atoms with van der Waals surface area (Å²) in [5, 5.41) is 10.5. The number of benzene rings is 3. The van der Waals surface area contributed by atoms with Gasteiger partial charge >= 0.3 is 0 Å². The van der Waals surface area contributed by atoms with Gasteiger partial charge in [-0.15, -0.1) is 11.3 Å². The summed E-state index contributed by atoms with van der Waals surface area (Å²) in [6.07, 6.45) is 2.32. The van der Waals surface area contributed by atoms with Crippen molar-refractivity contribution in [3.05, 3.63) is 93.2 Å². The fourth-order valence-electron chi connectivity index (χ4n) is 4.46. The van der Waals surface area contributed by atoms with Crippen LogP contribution in [-0.4, -0.2) is 41.4 Å². The largest absolute Gasteiger partial charge is 0.488 e. The van der Waals surface area contributed by atoms with Crippen molar-refractivity contribution in [1.29, 1.82) is 0 Å². The molecule has 0 saturated heterocycles. The van der Waals surface area contributed by atoms with Gasteiger partial charge in [0.1, 0.15) is 35.3 Å². The Morgan fingerprint density at radius 3 is 2.70 bits per heavy atom. The van der Waals surface area contributed by atoms with Crippen LogP contribution in [0.5, 0.6) is 5.75 Å². The lowest BCUT2D eigenvalue weighted by molar-refractivity contribution is 0.303. The van der Waals surface area contributed by atoms with E-state index in [4.69, 9.17) is 9.72 Å². The van der Waals surface area contributed by atoms with Crippen LogP contribution in [0.4, 0.5) is 15.9 Å². The Hall–Kier alpha value is -3.45. The van der Waals surface area contributed by atoms with E-state index in [1.54, 1.807) is 24.3 Å². The van der Waals surface area contributed by atoms with Crippen LogP contribution in [0.15, 0.2) is 76.8 Å². The number of nitrogens with zero attached hydrogens (tertiary/aromatic N) is 3. The highest BCUT2D eigenvalue weighted by atomic mass is 79.9.